The number of nitrogens with one attached hydrogen (secondary N) is 1. The molecule has 0 bridgehead atoms. The van der Waals surface area contributed by atoms with E-state index in [0.717, 1.165) is 22.4 Å². The Morgan fingerprint density at radius 1 is 1.14 bits per heavy atom. The number of amides is 2. The number of halogens is 3. The predicted octanol–water partition coefficient (Wildman–Crippen LogP) is 5.75. The number of alkyl halides is 3. The van der Waals surface area contributed by atoms with E-state index in [4.69, 9.17) is 6.85 Å². The number of hydrogen-bond donors (Lipinski definition) is 1. The number of fused-ring (bicyclic) bond motifs is 3. The molecule has 4 aromatic heterocycles. The van der Waals surface area contributed by atoms with Crippen LogP contribution in [0, 0.1) is 19.3 Å². The van der Waals surface area contributed by atoms with Crippen molar-refractivity contribution in [1.29, 1.82) is 0 Å². The van der Waals surface area contributed by atoms with Gasteiger partial charge < -0.3 is 19.5 Å². The number of pyridine rings is 1. The third-order valence-electron chi connectivity index (χ3n) is 9.43. The average molecular weight is 679 g/mol. The lowest BCUT2D eigenvalue weighted by atomic mass is 10.0. The molecule has 2 amide bonds. The number of aryl methyl sites for hydroxylation is 2. The first-order valence-corrected chi connectivity index (χ1v) is 15.4. The van der Waals surface area contributed by atoms with Crippen LogP contribution >= 0.6 is 0 Å². The monoisotopic (exact) mass is 678 g/mol. The maximum absolute atomic E-state index is 14.2. The molecule has 0 spiro atoms. The maximum Gasteiger partial charge on any atom is 0.433 e. The van der Waals surface area contributed by atoms with E-state index in [9.17, 15) is 27.6 Å². The highest BCUT2D eigenvalue weighted by Crippen LogP contribution is 2.59. The minimum Gasteiger partial charge on any atom is -0.380 e. The van der Waals surface area contributed by atoms with Crippen LogP contribution in [0.2, 0.25) is 0 Å². The van der Waals surface area contributed by atoms with Crippen molar-refractivity contribution >= 4 is 40.0 Å². The Morgan fingerprint density at radius 2 is 1.94 bits per heavy atom. The molecule has 49 heavy (non-hydrogen) atoms. The number of methoxy groups -OCH3 is 1. The Bertz CT molecular complexity index is 2390. The molecule has 5 heterocycles. The maximum atomic E-state index is 14.2. The molecular weight excluding hydrogens is 639 g/mol. The van der Waals surface area contributed by atoms with Gasteiger partial charge in [0.05, 0.1) is 24.6 Å². The summed E-state index contributed by atoms with van der Waals surface area (Å²) in [7, 11) is -3.28. The summed E-state index contributed by atoms with van der Waals surface area (Å²) in [6.07, 6.45) is 0.879. The molecule has 1 saturated heterocycles. The summed E-state index contributed by atoms with van der Waals surface area (Å²) in [5.41, 5.74) is 2.07. The smallest absolute Gasteiger partial charge is 0.380 e. The molecule has 7 rings (SSSR count). The van der Waals surface area contributed by atoms with Crippen LogP contribution in [0.15, 0.2) is 48.9 Å². The van der Waals surface area contributed by atoms with Crippen LogP contribution in [0.5, 0.6) is 0 Å². The first-order valence-electron chi connectivity index (χ1n) is 17.9. The molecule has 1 N–H and O–H groups in total. The molecule has 1 saturated carbocycles. The highest BCUT2D eigenvalue weighted by atomic mass is 19.4. The second kappa shape index (κ2) is 11.5. The lowest BCUT2D eigenvalue weighted by Gasteiger charge is -2.27. The van der Waals surface area contributed by atoms with Gasteiger partial charge in [-0.15, -0.1) is 0 Å². The van der Waals surface area contributed by atoms with Crippen LogP contribution in [0.1, 0.15) is 66.4 Å². The SMILES string of the molecule is [2H]C([2H])([2H])OC([2H])([2H])c1ccc(C(F)(F)F)nc1NC(=O)[C@@H]1C[C@@]2(C)C[C@H]2N1C(=O)Cn1cc(C(C)=O)c2cc(-c3cnc4cc(C)nn4c3)cc(C)c21. The molecule has 1 aromatic carbocycles. The standard InChI is InChI=1S/C35H34F3N7O4/c1-18-8-22(23-13-39-29-9-19(2)42-44(29)14-23)10-24-25(20(3)46)15-43(31(18)24)16-30(47)45-26(11-34(4)12-28(34)45)33(48)41-32-21(17-49-5)6-7-27(40-32)35(36,37)38/h6-10,13-15,26,28H,11-12,16-17H2,1-5H3,(H,40,41,48)/t26-,28+,34-/m0/s1/i5D3,17D2. The van der Waals surface area contributed by atoms with Gasteiger partial charge in [-0.25, -0.2) is 14.5 Å². The van der Waals surface area contributed by atoms with Gasteiger partial charge in [0.2, 0.25) is 11.8 Å². The van der Waals surface area contributed by atoms with Gasteiger partial charge in [0.15, 0.2) is 11.4 Å². The Kier molecular flexibility index (Phi) is 6.29. The summed E-state index contributed by atoms with van der Waals surface area (Å²) >= 11 is 0. The molecule has 14 heteroatoms. The van der Waals surface area contributed by atoms with Gasteiger partial charge in [-0.2, -0.15) is 18.3 Å². The van der Waals surface area contributed by atoms with Gasteiger partial charge in [-0.1, -0.05) is 13.0 Å². The van der Waals surface area contributed by atoms with Gasteiger partial charge in [0.1, 0.15) is 24.1 Å². The van der Waals surface area contributed by atoms with Crippen molar-refractivity contribution in [3.8, 4) is 11.1 Å². The van der Waals surface area contributed by atoms with Crippen molar-refractivity contribution in [2.75, 3.05) is 12.4 Å². The van der Waals surface area contributed by atoms with Gasteiger partial charge in [0.25, 0.3) is 0 Å². The lowest BCUT2D eigenvalue weighted by molar-refractivity contribution is -0.141. The molecule has 1 aliphatic carbocycles. The third kappa shape index (κ3) is 5.73. The summed E-state index contributed by atoms with van der Waals surface area (Å²) in [6.45, 7) is 3.54. The second-order valence-corrected chi connectivity index (χ2v) is 13.0. The molecular formula is C35H34F3N7O4. The Balaban J connectivity index is 1.20. The number of ether oxygens (including phenoxy) is 1. The van der Waals surface area contributed by atoms with Crippen LogP contribution in [-0.2, 0) is 33.6 Å². The van der Waals surface area contributed by atoms with Crippen LogP contribution in [0.3, 0.4) is 0 Å². The first-order chi connectivity index (χ1) is 25.0. The number of nitrogens with zero attached hydrogens (tertiary/aromatic N) is 6. The predicted molar refractivity (Wildman–Crippen MR) is 174 cm³/mol. The number of likely N-dealkylation sites (tertiary alicyclic amines) is 1. The van der Waals surface area contributed by atoms with Crippen molar-refractivity contribution in [3.05, 3.63) is 77.0 Å². The van der Waals surface area contributed by atoms with E-state index in [2.05, 4.69) is 25.1 Å². The van der Waals surface area contributed by atoms with Crippen LogP contribution < -0.4 is 5.32 Å². The quantitative estimate of drug-likeness (QED) is 0.208. The number of hydrogen-bond acceptors (Lipinski definition) is 7. The number of aromatic nitrogens is 5. The highest BCUT2D eigenvalue weighted by Gasteiger charge is 2.64. The Hall–Kier alpha value is -5.11. The molecule has 2 aliphatic rings. The van der Waals surface area contributed by atoms with Crippen molar-refractivity contribution in [2.24, 2.45) is 5.41 Å². The van der Waals surface area contributed by atoms with E-state index in [0.29, 0.717) is 40.7 Å². The molecule has 1 aliphatic heterocycles. The molecule has 5 aromatic rings. The zero-order chi connectivity index (χ0) is 39.3. The fourth-order valence-corrected chi connectivity index (χ4v) is 7.01. The van der Waals surface area contributed by atoms with Crippen molar-refractivity contribution < 1.29 is 39.1 Å². The minimum atomic E-state index is -4.99. The number of rotatable bonds is 8. The molecule has 11 nitrogen and oxygen atoms in total. The van der Waals surface area contributed by atoms with Gasteiger partial charge >= 0.3 is 6.18 Å². The molecule has 0 radical (unpaired) electrons. The third-order valence-corrected chi connectivity index (χ3v) is 9.43. The van der Waals surface area contributed by atoms with E-state index in [-0.39, 0.29) is 24.8 Å². The van der Waals surface area contributed by atoms with E-state index in [1.54, 1.807) is 21.5 Å². The normalized spacial score (nSPS) is 22.3. The Labute approximate surface area is 286 Å². The number of piperidine rings is 1. The number of carbonyl (C=O) groups is 3. The van der Waals surface area contributed by atoms with E-state index in [1.165, 1.54) is 11.8 Å². The second-order valence-electron chi connectivity index (χ2n) is 13.0. The van der Waals surface area contributed by atoms with Gasteiger partial charge in [-0.3, -0.25) is 14.4 Å². The number of carbonyl (C=O) groups excluding carboxylic acids is 3. The zero-order valence-electron chi connectivity index (χ0n) is 31.8. The average Bonchev–Trinajstić information content (AvgIpc) is 3.31. The van der Waals surface area contributed by atoms with Crippen LogP contribution in [-0.4, -0.2) is 65.8 Å². The molecule has 0 unspecified atom stereocenters. The van der Waals surface area contributed by atoms with E-state index >= 15 is 0 Å². The van der Waals surface area contributed by atoms with Gasteiger partial charge in [0, 0.05) is 59.8 Å². The summed E-state index contributed by atoms with van der Waals surface area (Å²) in [5.74, 6) is -2.55. The van der Waals surface area contributed by atoms with Crippen molar-refractivity contribution in [3.63, 3.8) is 0 Å². The molecule has 254 valence electrons. The summed E-state index contributed by atoms with van der Waals surface area (Å²) in [4.78, 5) is 50.3. The molecule has 2 fully saturated rings. The summed E-state index contributed by atoms with van der Waals surface area (Å²) < 4.78 is 87.2. The number of benzene rings is 1. The largest absolute Gasteiger partial charge is 0.433 e. The van der Waals surface area contributed by atoms with Crippen molar-refractivity contribution in [2.45, 2.75) is 71.9 Å². The highest BCUT2D eigenvalue weighted by molar-refractivity contribution is 6.09. The number of anilines is 1. The van der Waals surface area contributed by atoms with Crippen molar-refractivity contribution in [1.82, 2.24) is 29.0 Å². The summed E-state index contributed by atoms with van der Waals surface area (Å²) in [6, 6.07) is 5.15. The van der Waals surface area contributed by atoms with Crippen LogP contribution in [0.4, 0.5) is 19.0 Å². The van der Waals surface area contributed by atoms with Gasteiger partial charge in [-0.05, 0) is 68.4 Å². The zero-order valence-corrected chi connectivity index (χ0v) is 26.8. The Morgan fingerprint density at radius 3 is 2.67 bits per heavy atom. The number of ketones is 1. The van der Waals surface area contributed by atoms with E-state index < -0.39 is 60.1 Å². The fourth-order valence-electron chi connectivity index (χ4n) is 7.01. The minimum absolute atomic E-state index is 0.157. The lowest BCUT2D eigenvalue weighted by Crippen LogP contribution is -2.46. The summed E-state index contributed by atoms with van der Waals surface area (Å²) in [5, 5.41) is 7.28. The molecule has 3 atom stereocenters. The topological polar surface area (TPSA) is 124 Å². The number of Topliss-reactive ketones (excluding diaryl/α,β-unsaturated/α-hetero) is 1. The van der Waals surface area contributed by atoms with E-state index in [1.807, 2.05) is 45.2 Å². The fraction of sp³-hybridized carbons (Fsp3) is 0.371. The first kappa shape index (κ1) is 26.8. The van der Waals surface area contributed by atoms with Crippen LogP contribution in [0.25, 0.3) is 27.7 Å².